The average molecular weight is 429 g/mol. The number of ether oxygens (including phenoxy) is 5. The SMILES string of the molecule is COc1nccc(OC2CCN(C(=O)/C=C/c3cc(OC)c(OC)c(OC)c3)CC2)n1. The number of hydrogen-bond donors (Lipinski definition) is 0. The first-order valence-corrected chi connectivity index (χ1v) is 9.88. The second-order valence-corrected chi connectivity index (χ2v) is 6.82. The Hall–Kier alpha value is -3.49. The van der Waals surface area contributed by atoms with Crippen molar-refractivity contribution in [3.63, 3.8) is 0 Å². The second kappa shape index (κ2) is 10.5. The zero-order chi connectivity index (χ0) is 22.2. The highest BCUT2D eigenvalue weighted by atomic mass is 16.5. The minimum Gasteiger partial charge on any atom is -0.493 e. The summed E-state index contributed by atoms with van der Waals surface area (Å²) in [5.74, 6) is 1.99. The van der Waals surface area contributed by atoms with Crippen LogP contribution in [0.3, 0.4) is 0 Å². The molecule has 9 nitrogen and oxygen atoms in total. The van der Waals surface area contributed by atoms with Crippen molar-refractivity contribution in [3.05, 3.63) is 36.0 Å². The Labute approximate surface area is 181 Å². The van der Waals surface area contributed by atoms with E-state index in [1.54, 1.807) is 62.8 Å². The van der Waals surface area contributed by atoms with Crippen LogP contribution in [0.15, 0.2) is 30.5 Å². The van der Waals surface area contributed by atoms with Crippen molar-refractivity contribution in [3.8, 4) is 29.1 Å². The number of likely N-dealkylation sites (tertiary alicyclic amines) is 1. The van der Waals surface area contributed by atoms with Crippen molar-refractivity contribution < 1.29 is 28.5 Å². The zero-order valence-electron chi connectivity index (χ0n) is 18.2. The van der Waals surface area contributed by atoms with Crippen LogP contribution in [0.4, 0.5) is 0 Å². The van der Waals surface area contributed by atoms with Crippen molar-refractivity contribution in [1.29, 1.82) is 0 Å². The van der Waals surface area contributed by atoms with E-state index in [0.717, 1.165) is 18.4 Å². The Balaban J connectivity index is 1.58. The van der Waals surface area contributed by atoms with Crippen molar-refractivity contribution in [2.75, 3.05) is 41.5 Å². The molecule has 0 aliphatic carbocycles. The van der Waals surface area contributed by atoms with Crippen molar-refractivity contribution in [2.24, 2.45) is 0 Å². The normalized spacial score (nSPS) is 14.4. The van der Waals surface area contributed by atoms with Gasteiger partial charge in [0.1, 0.15) is 6.10 Å². The molecule has 2 aromatic rings. The highest BCUT2D eigenvalue weighted by molar-refractivity contribution is 5.92. The highest BCUT2D eigenvalue weighted by Crippen LogP contribution is 2.38. The van der Waals surface area contributed by atoms with Crippen LogP contribution in [-0.2, 0) is 4.79 Å². The molecule has 3 rings (SSSR count). The Morgan fingerprint density at radius 2 is 1.71 bits per heavy atom. The number of carbonyl (C=O) groups is 1. The molecule has 1 aliphatic rings. The van der Waals surface area contributed by atoms with Crippen LogP contribution in [0, 0.1) is 0 Å². The average Bonchev–Trinajstić information content (AvgIpc) is 2.82. The molecule has 1 aliphatic heterocycles. The largest absolute Gasteiger partial charge is 0.493 e. The summed E-state index contributed by atoms with van der Waals surface area (Å²) in [5, 5.41) is 0. The van der Waals surface area contributed by atoms with Gasteiger partial charge in [0.2, 0.25) is 17.5 Å². The predicted molar refractivity (Wildman–Crippen MR) is 114 cm³/mol. The Morgan fingerprint density at radius 1 is 1.03 bits per heavy atom. The van der Waals surface area contributed by atoms with Gasteiger partial charge in [-0.15, -0.1) is 0 Å². The Bertz CT molecular complexity index is 900. The van der Waals surface area contributed by atoms with E-state index in [9.17, 15) is 4.79 Å². The molecular weight excluding hydrogens is 402 g/mol. The fraction of sp³-hybridized carbons (Fsp3) is 0.409. The number of hydrogen-bond acceptors (Lipinski definition) is 8. The van der Waals surface area contributed by atoms with E-state index >= 15 is 0 Å². The van der Waals surface area contributed by atoms with E-state index in [4.69, 9.17) is 23.7 Å². The van der Waals surface area contributed by atoms with E-state index in [1.807, 2.05) is 0 Å². The van der Waals surface area contributed by atoms with Gasteiger partial charge in [-0.1, -0.05) is 0 Å². The monoisotopic (exact) mass is 429 g/mol. The topological polar surface area (TPSA) is 92.2 Å². The van der Waals surface area contributed by atoms with E-state index in [-0.39, 0.29) is 18.0 Å². The summed E-state index contributed by atoms with van der Waals surface area (Å²) in [6.07, 6.45) is 6.31. The molecule has 9 heteroatoms. The van der Waals surface area contributed by atoms with Crippen LogP contribution >= 0.6 is 0 Å². The lowest BCUT2D eigenvalue weighted by atomic mass is 10.1. The van der Waals surface area contributed by atoms with Gasteiger partial charge in [-0.2, -0.15) is 4.98 Å². The number of piperidine rings is 1. The molecule has 2 heterocycles. The van der Waals surface area contributed by atoms with Crippen molar-refractivity contribution in [1.82, 2.24) is 14.9 Å². The van der Waals surface area contributed by atoms with Gasteiger partial charge in [0.15, 0.2) is 11.5 Å². The maximum atomic E-state index is 12.6. The molecule has 31 heavy (non-hydrogen) atoms. The minimum absolute atomic E-state index is 0.0113. The van der Waals surface area contributed by atoms with Gasteiger partial charge in [-0.25, -0.2) is 4.98 Å². The molecule has 0 bridgehead atoms. The predicted octanol–water partition coefficient (Wildman–Crippen LogP) is 2.59. The van der Waals surface area contributed by atoms with Crippen LogP contribution in [0.2, 0.25) is 0 Å². The molecule has 0 unspecified atom stereocenters. The standard InChI is InChI=1S/C22H27N3O6/c1-27-17-13-15(14-18(28-2)21(17)29-3)5-6-20(26)25-11-8-16(9-12-25)31-19-7-10-23-22(24-19)30-4/h5-7,10,13-14,16H,8-9,11-12H2,1-4H3/b6-5+. The van der Waals surface area contributed by atoms with E-state index in [0.29, 0.717) is 36.2 Å². The van der Waals surface area contributed by atoms with Gasteiger partial charge in [0, 0.05) is 44.3 Å². The molecule has 1 fully saturated rings. The molecule has 0 saturated carbocycles. The van der Waals surface area contributed by atoms with Crippen LogP contribution in [-0.4, -0.2) is 68.4 Å². The minimum atomic E-state index is -0.0593. The third kappa shape index (κ3) is 5.56. The van der Waals surface area contributed by atoms with E-state index in [1.165, 1.54) is 7.11 Å². The summed E-state index contributed by atoms with van der Waals surface area (Å²) < 4.78 is 26.9. The van der Waals surface area contributed by atoms with Crippen LogP contribution in [0.25, 0.3) is 6.08 Å². The van der Waals surface area contributed by atoms with Crippen molar-refractivity contribution in [2.45, 2.75) is 18.9 Å². The van der Waals surface area contributed by atoms with Gasteiger partial charge in [-0.05, 0) is 23.8 Å². The lowest BCUT2D eigenvalue weighted by molar-refractivity contribution is -0.127. The molecule has 1 aromatic heterocycles. The van der Waals surface area contributed by atoms with Crippen LogP contribution in [0.5, 0.6) is 29.1 Å². The van der Waals surface area contributed by atoms with Crippen LogP contribution < -0.4 is 23.7 Å². The number of amides is 1. The molecule has 0 N–H and O–H groups in total. The fourth-order valence-corrected chi connectivity index (χ4v) is 3.32. The Kier molecular flexibility index (Phi) is 7.53. The summed E-state index contributed by atoms with van der Waals surface area (Å²) in [6, 6.07) is 5.55. The number of nitrogens with zero attached hydrogens (tertiary/aromatic N) is 3. The summed E-state index contributed by atoms with van der Waals surface area (Å²) in [7, 11) is 6.17. The molecule has 1 aromatic carbocycles. The molecule has 1 saturated heterocycles. The summed E-state index contributed by atoms with van der Waals surface area (Å²) in [6.45, 7) is 1.20. The lowest BCUT2D eigenvalue weighted by Gasteiger charge is -2.31. The number of rotatable bonds is 8. The summed E-state index contributed by atoms with van der Waals surface area (Å²) in [4.78, 5) is 22.6. The number of benzene rings is 1. The number of carbonyl (C=O) groups excluding carboxylic acids is 1. The molecule has 1 amide bonds. The molecule has 0 radical (unpaired) electrons. The summed E-state index contributed by atoms with van der Waals surface area (Å²) >= 11 is 0. The third-order valence-corrected chi connectivity index (χ3v) is 4.94. The quantitative estimate of drug-likeness (QED) is 0.592. The number of aromatic nitrogens is 2. The van der Waals surface area contributed by atoms with Crippen LogP contribution in [0.1, 0.15) is 18.4 Å². The summed E-state index contributed by atoms with van der Waals surface area (Å²) in [5.41, 5.74) is 0.777. The molecule has 0 spiro atoms. The van der Waals surface area contributed by atoms with Gasteiger partial charge >= 0.3 is 6.01 Å². The Morgan fingerprint density at radius 3 is 2.29 bits per heavy atom. The molecular formula is C22H27N3O6. The molecule has 166 valence electrons. The van der Waals surface area contributed by atoms with Gasteiger partial charge in [-0.3, -0.25) is 4.79 Å². The maximum Gasteiger partial charge on any atom is 0.319 e. The first-order valence-electron chi connectivity index (χ1n) is 9.88. The maximum absolute atomic E-state index is 12.6. The van der Waals surface area contributed by atoms with E-state index in [2.05, 4.69) is 9.97 Å². The number of methoxy groups -OCH3 is 4. The molecule has 0 atom stereocenters. The highest BCUT2D eigenvalue weighted by Gasteiger charge is 2.23. The van der Waals surface area contributed by atoms with Gasteiger partial charge < -0.3 is 28.6 Å². The first kappa shape index (κ1) is 22.2. The third-order valence-electron chi connectivity index (χ3n) is 4.94. The van der Waals surface area contributed by atoms with Crippen molar-refractivity contribution >= 4 is 12.0 Å². The smallest absolute Gasteiger partial charge is 0.319 e. The fourth-order valence-electron chi connectivity index (χ4n) is 3.32. The zero-order valence-corrected chi connectivity index (χ0v) is 18.2. The second-order valence-electron chi connectivity index (χ2n) is 6.82. The first-order chi connectivity index (χ1) is 15.1. The van der Waals surface area contributed by atoms with Gasteiger partial charge in [0.25, 0.3) is 0 Å². The lowest BCUT2D eigenvalue weighted by Crippen LogP contribution is -2.41. The van der Waals surface area contributed by atoms with Gasteiger partial charge in [0.05, 0.1) is 28.4 Å². The van der Waals surface area contributed by atoms with E-state index < -0.39 is 0 Å².